The van der Waals surface area contributed by atoms with Gasteiger partial charge in [-0.25, -0.2) is 0 Å². The molecule has 4 heteroatoms. The van der Waals surface area contributed by atoms with Gasteiger partial charge in [0.25, 0.3) is 0 Å². The summed E-state index contributed by atoms with van der Waals surface area (Å²) in [5.74, 6) is 2.35. The van der Waals surface area contributed by atoms with Crippen molar-refractivity contribution in [3.63, 3.8) is 0 Å². The lowest BCUT2D eigenvalue weighted by molar-refractivity contribution is -0.138. The van der Waals surface area contributed by atoms with Crippen molar-refractivity contribution in [2.24, 2.45) is 23.7 Å². The first-order chi connectivity index (χ1) is 15.5. The average Bonchev–Trinajstić information content (AvgIpc) is 3.03. The zero-order chi connectivity index (χ0) is 22.3. The van der Waals surface area contributed by atoms with Crippen LogP contribution in [0.2, 0.25) is 0 Å². The average molecular weight is 432 g/mol. The molecule has 2 aromatic carbocycles. The Morgan fingerprint density at radius 2 is 1.94 bits per heavy atom. The van der Waals surface area contributed by atoms with Gasteiger partial charge in [0, 0.05) is 31.6 Å². The monoisotopic (exact) mass is 431 g/mol. The van der Waals surface area contributed by atoms with Crippen LogP contribution in [0.3, 0.4) is 0 Å². The lowest BCUT2D eigenvalue weighted by Crippen LogP contribution is -2.76. The van der Waals surface area contributed by atoms with Gasteiger partial charge in [-0.1, -0.05) is 74.0 Å². The molecule has 2 N–H and O–H groups in total. The lowest BCUT2D eigenvalue weighted by Gasteiger charge is -2.56. The molecule has 6 rings (SSSR count). The number of rotatable bonds is 7. The van der Waals surface area contributed by atoms with Crippen LogP contribution in [0, 0.1) is 30.6 Å². The Bertz CT molecular complexity index is 958. The predicted molar refractivity (Wildman–Crippen MR) is 129 cm³/mol. The van der Waals surface area contributed by atoms with E-state index in [4.69, 9.17) is 0 Å². The summed E-state index contributed by atoms with van der Waals surface area (Å²) in [5, 5.41) is 7.13. The van der Waals surface area contributed by atoms with Crippen LogP contribution in [-0.4, -0.2) is 42.0 Å². The Kier molecular flexibility index (Phi) is 5.85. The zero-order valence-corrected chi connectivity index (χ0v) is 19.7. The van der Waals surface area contributed by atoms with Gasteiger partial charge in [-0.05, 0) is 55.2 Å². The standard InChI is InChI=1S/C28H37N3O/c1-19(2)17-31-18-24-14-23-16-30-28(24,27(32)29-15-21-9-5-4-6-10-21)26(31)25(23)13-22-11-7-8-20(3)12-22/h4-12,19,23-26,30H,13-18H2,1-3H3,(H,29,32)/t23-,24-,25+,26-,28-/m0/s1. The maximum atomic E-state index is 13.9. The Morgan fingerprint density at radius 3 is 2.69 bits per heavy atom. The number of likely N-dealkylation sites (tertiary alicyclic amines) is 1. The molecule has 1 amide bonds. The summed E-state index contributed by atoms with van der Waals surface area (Å²) < 4.78 is 0. The number of nitrogens with one attached hydrogen (secondary N) is 2. The number of fused-ring (bicyclic) bond motifs is 1. The van der Waals surface area contributed by atoms with Crippen LogP contribution in [0.5, 0.6) is 0 Å². The van der Waals surface area contributed by atoms with E-state index in [0.29, 0.717) is 30.2 Å². The van der Waals surface area contributed by atoms with E-state index in [1.54, 1.807) is 0 Å². The molecule has 170 valence electrons. The Morgan fingerprint density at radius 1 is 1.16 bits per heavy atom. The third-order valence-corrected chi connectivity index (χ3v) is 8.04. The Balaban J connectivity index is 1.44. The second-order valence-electron chi connectivity index (χ2n) is 10.8. The summed E-state index contributed by atoms with van der Waals surface area (Å²) in [7, 11) is 0. The molecule has 4 aliphatic rings. The first kappa shape index (κ1) is 21.7. The summed E-state index contributed by atoms with van der Waals surface area (Å²) in [6.07, 6.45) is 2.22. The van der Waals surface area contributed by atoms with E-state index >= 15 is 0 Å². The molecule has 32 heavy (non-hydrogen) atoms. The Hall–Kier alpha value is -2.17. The van der Waals surface area contributed by atoms with Gasteiger partial charge in [0.15, 0.2) is 0 Å². The number of piperidine rings is 2. The first-order valence-corrected chi connectivity index (χ1v) is 12.3. The minimum absolute atomic E-state index is 0.204. The van der Waals surface area contributed by atoms with Crippen molar-refractivity contribution in [3.05, 3.63) is 71.3 Å². The van der Waals surface area contributed by atoms with Crippen LogP contribution in [0.15, 0.2) is 54.6 Å². The minimum Gasteiger partial charge on any atom is -0.350 e. The highest BCUT2D eigenvalue weighted by atomic mass is 16.2. The number of carbonyl (C=O) groups is 1. The second-order valence-corrected chi connectivity index (χ2v) is 10.8. The molecule has 0 spiro atoms. The van der Waals surface area contributed by atoms with Crippen molar-refractivity contribution < 1.29 is 4.79 Å². The highest BCUT2D eigenvalue weighted by Crippen LogP contribution is 2.53. The summed E-state index contributed by atoms with van der Waals surface area (Å²) in [5.41, 5.74) is 3.42. The fourth-order valence-corrected chi connectivity index (χ4v) is 6.89. The van der Waals surface area contributed by atoms with E-state index < -0.39 is 5.54 Å². The summed E-state index contributed by atoms with van der Waals surface area (Å²) in [4.78, 5) is 16.5. The van der Waals surface area contributed by atoms with Gasteiger partial charge in [-0.3, -0.25) is 9.69 Å². The van der Waals surface area contributed by atoms with E-state index in [1.165, 1.54) is 11.1 Å². The normalized spacial score (nSPS) is 31.2. The van der Waals surface area contributed by atoms with Gasteiger partial charge < -0.3 is 10.6 Å². The molecule has 4 fully saturated rings. The fourth-order valence-electron chi connectivity index (χ4n) is 6.89. The van der Waals surface area contributed by atoms with Gasteiger partial charge >= 0.3 is 0 Å². The van der Waals surface area contributed by atoms with E-state index in [1.807, 2.05) is 18.2 Å². The topological polar surface area (TPSA) is 44.4 Å². The van der Waals surface area contributed by atoms with Crippen LogP contribution in [0.4, 0.5) is 0 Å². The zero-order valence-electron chi connectivity index (χ0n) is 19.7. The van der Waals surface area contributed by atoms with E-state index in [0.717, 1.165) is 38.0 Å². The number of amides is 1. The number of aryl methyl sites for hydroxylation is 1. The maximum absolute atomic E-state index is 13.9. The number of nitrogens with zero attached hydrogens (tertiary/aromatic N) is 1. The summed E-state index contributed by atoms with van der Waals surface area (Å²) in [6.45, 7) is 10.4. The molecule has 1 aliphatic carbocycles. The summed E-state index contributed by atoms with van der Waals surface area (Å²) in [6, 6.07) is 19.5. The van der Waals surface area contributed by atoms with Gasteiger partial charge in [-0.15, -0.1) is 0 Å². The molecule has 5 atom stereocenters. The van der Waals surface area contributed by atoms with Gasteiger partial charge in [0.05, 0.1) is 0 Å². The lowest BCUT2D eigenvalue weighted by atomic mass is 9.58. The molecular weight excluding hydrogens is 394 g/mol. The first-order valence-electron chi connectivity index (χ1n) is 12.3. The van der Waals surface area contributed by atoms with Crippen LogP contribution in [0.25, 0.3) is 0 Å². The molecule has 3 saturated heterocycles. The van der Waals surface area contributed by atoms with E-state index in [2.05, 4.69) is 72.7 Å². The predicted octanol–water partition coefficient (Wildman–Crippen LogP) is 3.79. The number of carbonyl (C=O) groups excluding carboxylic acids is 1. The maximum Gasteiger partial charge on any atom is 0.242 e. The quantitative estimate of drug-likeness (QED) is 0.701. The molecule has 3 aliphatic heterocycles. The molecule has 2 aromatic rings. The van der Waals surface area contributed by atoms with Gasteiger partial charge in [0.2, 0.25) is 5.91 Å². The van der Waals surface area contributed by atoms with Crippen molar-refractivity contribution in [2.45, 2.75) is 51.7 Å². The van der Waals surface area contributed by atoms with Gasteiger partial charge in [-0.2, -0.15) is 0 Å². The summed E-state index contributed by atoms with van der Waals surface area (Å²) >= 11 is 0. The molecule has 0 unspecified atom stereocenters. The smallest absolute Gasteiger partial charge is 0.242 e. The van der Waals surface area contributed by atoms with Gasteiger partial charge in [0.1, 0.15) is 5.54 Å². The van der Waals surface area contributed by atoms with Crippen molar-refractivity contribution in [1.82, 2.24) is 15.5 Å². The van der Waals surface area contributed by atoms with Crippen LogP contribution in [0.1, 0.15) is 37.0 Å². The van der Waals surface area contributed by atoms with Crippen molar-refractivity contribution in [2.75, 3.05) is 19.6 Å². The molecule has 0 aromatic heterocycles. The van der Waals surface area contributed by atoms with Crippen LogP contribution >= 0.6 is 0 Å². The van der Waals surface area contributed by atoms with Crippen LogP contribution < -0.4 is 10.6 Å². The largest absolute Gasteiger partial charge is 0.350 e. The number of benzene rings is 2. The van der Waals surface area contributed by atoms with Crippen molar-refractivity contribution >= 4 is 5.91 Å². The molecule has 4 bridgehead atoms. The third kappa shape index (κ3) is 3.78. The van der Waals surface area contributed by atoms with E-state index in [9.17, 15) is 4.79 Å². The second kappa shape index (κ2) is 8.64. The molecule has 0 radical (unpaired) electrons. The number of hydrogen-bond donors (Lipinski definition) is 2. The Labute approximate surface area is 192 Å². The van der Waals surface area contributed by atoms with Crippen LogP contribution in [-0.2, 0) is 17.8 Å². The van der Waals surface area contributed by atoms with E-state index in [-0.39, 0.29) is 11.9 Å². The molecule has 3 heterocycles. The SMILES string of the molecule is Cc1cccc(C[C@@H]2[C@@H]3CN[C@@]4(C(=O)NCc5ccccc5)[C@@H](C3)CN(CC(C)C)[C@@H]24)c1. The minimum atomic E-state index is -0.465. The molecule has 4 nitrogen and oxygen atoms in total. The number of hydrogen-bond acceptors (Lipinski definition) is 3. The fraction of sp³-hybridized carbons (Fsp3) is 0.536. The van der Waals surface area contributed by atoms with Crippen molar-refractivity contribution in [1.29, 1.82) is 0 Å². The highest BCUT2D eigenvalue weighted by molar-refractivity contribution is 5.89. The van der Waals surface area contributed by atoms with Crippen molar-refractivity contribution in [3.8, 4) is 0 Å². The highest BCUT2D eigenvalue weighted by Gasteiger charge is 2.67. The molecule has 1 saturated carbocycles. The molecular formula is C28H37N3O. The third-order valence-electron chi connectivity index (χ3n) is 8.04.